The summed E-state index contributed by atoms with van der Waals surface area (Å²) in [6.45, 7) is 5.15. The molecule has 6 nitrogen and oxygen atoms in total. The molecule has 31 heavy (non-hydrogen) atoms. The van der Waals surface area contributed by atoms with Crippen molar-refractivity contribution in [1.29, 1.82) is 0 Å². The van der Waals surface area contributed by atoms with Gasteiger partial charge in [0.05, 0.1) is 12.1 Å². The van der Waals surface area contributed by atoms with Gasteiger partial charge < -0.3 is 15.0 Å². The molecule has 0 aliphatic carbocycles. The molecule has 1 saturated heterocycles. The van der Waals surface area contributed by atoms with E-state index in [1.807, 2.05) is 32.1 Å². The first-order chi connectivity index (χ1) is 15.0. The van der Waals surface area contributed by atoms with E-state index in [0.29, 0.717) is 25.2 Å². The third-order valence-electron chi connectivity index (χ3n) is 6.58. The normalized spacial score (nSPS) is 25.0. The summed E-state index contributed by atoms with van der Waals surface area (Å²) in [5.41, 5.74) is 2.32. The number of benzene rings is 1. The Balaban J connectivity index is 1.60. The van der Waals surface area contributed by atoms with Crippen LogP contribution in [0.25, 0.3) is 6.08 Å². The zero-order valence-corrected chi connectivity index (χ0v) is 17.8. The maximum absolute atomic E-state index is 13.2. The standard InChI is InChI=1S/C24H28FN3O3/c1-3-5-16-8-11-20-21-18(13-28(20)24(16)31)19(14-29)22(27(21)4-2)23(30)26-12-15-6-9-17(25)10-7-15/h3,5-11,18-19,21-22,29H,4,12-14H2,1-2H3,(H,26,30)/b5-3-/t18-,19-,21+,22-/m1/s1. The molecular weight excluding hydrogens is 397 g/mol. The van der Waals surface area contributed by atoms with Gasteiger partial charge >= 0.3 is 0 Å². The number of aliphatic hydroxyl groups excluding tert-OH is 1. The molecular formula is C24H28FN3O3. The monoisotopic (exact) mass is 425 g/mol. The number of likely N-dealkylation sites (tertiary alicyclic amines) is 1. The Morgan fingerprint density at radius 3 is 2.65 bits per heavy atom. The molecule has 2 aromatic rings. The number of nitrogens with zero attached hydrogens (tertiary/aromatic N) is 2. The number of fused-ring (bicyclic) bond motifs is 3. The first kappa shape index (κ1) is 21.5. The minimum atomic E-state index is -0.482. The smallest absolute Gasteiger partial charge is 0.258 e. The summed E-state index contributed by atoms with van der Waals surface area (Å²) in [4.78, 5) is 28.1. The molecule has 164 valence electrons. The van der Waals surface area contributed by atoms with E-state index in [1.165, 1.54) is 12.1 Å². The highest BCUT2D eigenvalue weighted by Crippen LogP contribution is 2.48. The van der Waals surface area contributed by atoms with Gasteiger partial charge in [-0.05, 0) is 43.3 Å². The maximum atomic E-state index is 13.2. The van der Waals surface area contributed by atoms with Gasteiger partial charge in [-0.1, -0.05) is 31.2 Å². The van der Waals surface area contributed by atoms with Crippen molar-refractivity contribution in [2.45, 2.75) is 39.0 Å². The number of aromatic nitrogens is 1. The zero-order valence-electron chi connectivity index (χ0n) is 17.8. The predicted molar refractivity (Wildman–Crippen MR) is 117 cm³/mol. The quantitative estimate of drug-likeness (QED) is 0.745. The Bertz CT molecular complexity index is 1050. The average Bonchev–Trinajstić information content (AvgIpc) is 3.29. The average molecular weight is 426 g/mol. The van der Waals surface area contributed by atoms with Crippen LogP contribution < -0.4 is 10.9 Å². The third-order valence-corrected chi connectivity index (χ3v) is 6.58. The molecule has 0 bridgehead atoms. The molecule has 0 spiro atoms. The molecule has 0 radical (unpaired) electrons. The van der Waals surface area contributed by atoms with Crippen LogP contribution >= 0.6 is 0 Å². The van der Waals surface area contributed by atoms with Gasteiger partial charge in [0.25, 0.3) is 5.56 Å². The fourth-order valence-corrected chi connectivity index (χ4v) is 5.20. The van der Waals surface area contributed by atoms with Crippen molar-refractivity contribution in [2.24, 2.45) is 11.8 Å². The Hall–Kier alpha value is -2.77. The van der Waals surface area contributed by atoms with Gasteiger partial charge in [0, 0.05) is 42.8 Å². The van der Waals surface area contributed by atoms with Crippen molar-refractivity contribution in [1.82, 2.24) is 14.8 Å². The van der Waals surface area contributed by atoms with Gasteiger partial charge in [0.1, 0.15) is 5.82 Å². The van der Waals surface area contributed by atoms with Gasteiger partial charge in [-0.2, -0.15) is 0 Å². The van der Waals surface area contributed by atoms with Crippen molar-refractivity contribution in [3.05, 3.63) is 75.5 Å². The lowest BCUT2D eigenvalue weighted by atomic mass is 9.88. The number of pyridine rings is 1. The molecule has 2 aliphatic heterocycles. The molecule has 2 N–H and O–H groups in total. The SMILES string of the molecule is C/C=C\c1ccc2n(c1=O)C[C@@H]1[C@@H](CO)[C@H](C(=O)NCc3ccc(F)cc3)N(CC)[C@H]21. The Morgan fingerprint density at radius 1 is 1.26 bits per heavy atom. The predicted octanol–water partition coefficient (Wildman–Crippen LogP) is 2.32. The molecule has 4 rings (SSSR count). The number of aliphatic hydroxyl groups is 1. The van der Waals surface area contributed by atoms with Gasteiger partial charge in [-0.3, -0.25) is 14.5 Å². The van der Waals surface area contributed by atoms with Crippen LogP contribution in [0.5, 0.6) is 0 Å². The third kappa shape index (κ3) is 3.72. The van der Waals surface area contributed by atoms with Crippen LogP contribution in [0.4, 0.5) is 4.39 Å². The maximum Gasteiger partial charge on any atom is 0.258 e. The molecule has 1 aromatic carbocycles. The topological polar surface area (TPSA) is 74.6 Å². The highest BCUT2D eigenvalue weighted by atomic mass is 19.1. The van der Waals surface area contributed by atoms with Crippen molar-refractivity contribution in [3.63, 3.8) is 0 Å². The largest absolute Gasteiger partial charge is 0.396 e. The number of halogens is 1. The summed E-state index contributed by atoms with van der Waals surface area (Å²) in [5.74, 6) is -0.760. The van der Waals surface area contributed by atoms with E-state index in [9.17, 15) is 19.1 Å². The number of allylic oxidation sites excluding steroid dienone is 1. The summed E-state index contributed by atoms with van der Waals surface area (Å²) in [6.07, 6.45) is 3.65. The number of carbonyl (C=O) groups is 1. The molecule has 1 amide bonds. The first-order valence-electron chi connectivity index (χ1n) is 10.7. The van der Waals surface area contributed by atoms with Crippen LogP contribution in [0.3, 0.4) is 0 Å². The van der Waals surface area contributed by atoms with E-state index in [0.717, 1.165) is 11.3 Å². The van der Waals surface area contributed by atoms with Crippen LogP contribution in [0, 0.1) is 17.7 Å². The van der Waals surface area contributed by atoms with E-state index in [1.54, 1.807) is 22.8 Å². The molecule has 7 heteroatoms. The van der Waals surface area contributed by atoms with Crippen molar-refractivity contribution >= 4 is 12.0 Å². The molecule has 3 heterocycles. The van der Waals surface area contributed by atoms with E-state index < -0.39 is 6.04 Å². The first-order valence-corrected chi connectivity index (χ1v) is 10.7. The molecule has 1 aromatic heterocycles. The number of nitrogens with one attached hydrogen (secondary N) is 1. The molecule has 2 aliphatic rings. The highest BCUT2D eigenvalue weighted by Gasteiger charge is 2.54. The van der Waals surface area contributed by atoms with Crippen molar-refractivity contribution < 1.29 is 14.3 Å². The Kier molecular flexibility index (Phi) is 6.07. The summed E-state index contributed by atoms with van der Waals surface area (Å²) in [7, 11) is 0. The minimum Gasteiger partial charge on any atom is -0.396 e. The zero-order chi connectivity index (χ0) is 22.1. The van der Waals surface area contributed by atoms with Gasteiger partial charge in [0.15, 0.2) is 0 Å². The van der Waals surface area contributed by atoms with Gasteiger partial charge in [-0.15, -0.1) is 0 Å². The molecule has 0 unspecified atom stereocenters. The fourth-order valence-electron chi connectivity index (χ4n) is 5.20. The number of amides is 1. The lowest BCUT2D eigenvalue weighted by Gasteiger charge is -2.29. The van der Waals surface area contributed by atoms with E-state index in [-0.39, 0.29) is 41.8 Å². The number of carbonyl (C=O) groups excluding carboxylic acids is 1. The van der Waals surface area contributed by atoms with E-state index >= 15 is 0 Å². The minimum absolute atomic E-state index is 0.0138. The van der Waals surface area contributed by atoms with Crippen LogP contribution in [0.15, 0.2) is 47.3 Å². The lowest BCUT2D eigenvalue weighted by molar-refractivity contribution is -0.127. The summed E-state index contributed by atoms with van der Waals surface area (Å²) in [6, 6.07) is 9.26. The molecule has 1 fully saturated rings. The fraction of sp³-hybridized carbons (Fsp3) is 0.417. The number of hydrogen-bond donors (Lipinski definition) is 2. The second-order valence-corrected chi connectivity index (χ2v) is 8.20. The Labute approximate surface area is 181 Å². The van der Waals surface area contributed by atoms with Gasteiger partial charge in [-0.25, -0.2) is 4.39 Å². The second-order valence-electron chi connectivity index (χ2n) is 8.20. The van der Waals surface area contributed by atoms with E-state index in [4.69, 9.17) is 0 Å². The summed E-state index contributed by atoms with van der Waals surface area (Å²) in [5, 5.41) is 13.1. The van der Waals surface area contributed by atoms with Crippen molar-refractivity contribution in [3.8, 4) is 0 Å². The summed E-state index contributed by atoms with van der Waals surface area (Å²) < 4.78 is 14.9. The van der Waals surface area contributed by atoms with Crippen LogP contribution in [0.2, 0.25) is 0 Å². The summed E-state index contributed by atoms with van der Waals surface area (Å²) >= 11 is 0. The molecule has 0 saturated carbocycles. The van der Waals surface area contributed by atoms with Crippen LogP contribution in [0.1, 0.15) is 36.7 Å². The number of rotatable bonds is 6. The van der Waals surface area contributed by atoms with E-state index in [2.05, 4.69) is 10.2 Å². The number of likely N-dealkylation sites (N-methyl/N-ethyl adjacent to an activating group) is 1. The second kappa shape index (κ2) is 8.77. The van der Waals surface area contributed by atoms with Gasteiger partial charge in [0.2, 0.25) is 5.91 Å². The molecule has 4 atom stereocenters. The van der Waals surface area contributed by atoms with Crippen molar-refractivity contribution in [2.75, 3.05) is 13.2 Å². The lowest BCUT2D eigenvalue weighted by Crippen LogP contribution is -2.48. The highest BCUT2D eigenvalue weighted by molar-refractivity contribution is 5.82. The Morgan fingerprint density at radius 2 is 2.00 bits per heavy atom. The number of hydrogen-bond acceptors (Lipinski definition) is 4. The van der Waals surface area contributed by atoms with Crippen LogP contribution in [-0.2, 0) is 17.9 Å². The van der Waals surface area contributed by atoms with Crippen LogP contribution in [-0.4, -0.2) is 39.7 Å².